The number of carbonyl (C=O) groups excluding carboxylic acids is 1. The van der Waals surface area contributed by atoms with E-state index in [1.807, 2.05) is 38.4 Å². The topological polar surface area (TPSA) is 62.8 Å². The van der Waals surface area contributed by atoms with Crippen molar-refractivity contribution < 1.29 is 14.3 Å². The SMILES string of the molecule is COC1(C(=O)NCc2ccccc2OCCN(C)C)CCNCC1. The summed E-state index contributed by atoms with van der Waals surface area (Å²) < 4.78 is 11.4. The van der Waals surface area contributed by atoms with Gasteiger partial charge in [0, 0.05) is 25.8 Å². The quantitative estimate of drug-likeness (QED) is 0.742. The van der Waals surface area contributed by atoms with Gasteiger partial charge in [-0.05, 0) is 46.1 Å². The Bertz CT molecular complexity index is 528. The minimum Gasteiger partial charge on any atom is -0.492 e. The highest BCUT2D eigenvalue weighted by atomic mass is 16.5. The molecule has 1 amide bonds. The number of likely N-dealkylation sites (N-methyl/N-ethyl adjacent to an activating group) is 1. The minimum atomic E-state index is -0.716. The van der Waals surface area contributed by atoms with E-state index in [2.05, 4.69) is 15.5 Å². The Balaban J connectivity index is 1.94. The molecule has 1 saturated heterocycles. The summed E-state index contributed by atoms with van der Waals surface area (Å²) in [5.74, 6) is 0.769. The van der Waals surface area contributed by atoms with Crippen LogP contribution in [0.15, 0.2) is 24.3 Å². The number of hydrogen-bond donors (Lipinski definition) is 2. The molecule has 1 heterocycles. The van der Waals surface area contributed by atoms with Crippen LogP contribution in [0, 0.1) is 0 Å². The second-order valence-electron chi connectivity index (χ2n) is 6.39. The number of benzene rings is 1. The Morgan fingerprint density at radius 1 is 1.29 bits per heavy atom. The molecule has 1 aromatic rings. The summed E-state index contributed by atoms with van der Waals surface area (Å²) in [5, 5.41) is 6.28. The third-order valence-corrected chi connectivity index (χ3v) is 4.42. The molecule has 1 aliphatic rings. The predicted octanol–water partition coefficient (Wildman–Crippen LogP) is 1.01. The van der Waals surface area contributed by atoms with Crippen molar-refractivity contribution in [3.63, 3.8) is 0 Å². The maximum atomic E-state index is 12.6. The molecular formula is C18H29N3O3. The molecule has 0 unspecified atom stereocenters. The van der Waals surface area contributed by atoms with Crippen LogP contribution in [-0.4, -0.2) is 63.9 Å². The number of piperidine rings is 1. The lowest BCUT2D eigenvalue weighted by molar-refractivity contribution is -0.146. The van der Waals surface area contributed by atoms with E-state index < -0.39 is 5.60 Å². The highest BCUT2D eigenvalue weighted by Gasteiger charge is 2.39. The van der Waals surface area contributed by atoms with Crippen molar-refractivity contribution in [2.75, 3.05) is 47.4 Å². The van der Waals surface area contributed by atoms with Gasteiger partial charge in [-0.1, -0.05) is 18.2 Å². The number of ether oxygens (including phenoxy) is 2. The van der Waals surface area contributed by atoms with Crippen molar-refractivity contribution in [2.24, 2.45) is 0 Å². The first-order chi connectivity index (χ1) is 11.6. The number of nitrogens with zero attached hydrogens (tertiary/aromatic N) is 1. The fraction of sp³-hybridized carbons (Fsp3) is 0.611. The number of amides is 1. The van der Waals surface area contributed by atoms with Gasteiger partial charge in [0.05, 0.1) is 0 Å². The Hall–Kier alpha value is -1.63. The number of para-hydroxylation sites is 1. The van der Waals surface area contributed by atoms with Gasteiger partial charge in [-0.15, -0.1) is 0 Å². The van der Waals surface area contributed by atoms with Crippen molar-refractivity contribution in [3.8, 4) is 5.75 Å². The molecule has 0 saturated carbocycles. The van der Waals surface area contributed by atoms with Gasteiger partial charge in [0.2, 0.25) is 0 Å². The molecule has 0 bridgehead atoms. The van der Waals surface area contributed by atoms with Gasteiger partial charge in [0.15, 0.2) is 0 Å². The number of rotatable bonds is 8. The molecular weight excluding hydrogens is 306 g/mol. The zero-order valence-corrected chi connectivity index (χ0v) is 14.9. The summed E-state index contributed by atoms with van der Waals surface area (Å²) in [6.07, 6.45) is 1.38. The monoisotopic (exact) mass is 335 g/mol. The average Bonchev–Trinajstić information content (AvgIpc) is 2.61. The van der Waals surface area contributed by atoms with Gasteiger partial charge in [-0.2, -0.15) is 0 Å². The van der Waals surface area contributed by atoms with Crippen LogP contribution in [0.2, 0.25) is 0 Å². The standard InChI is InChI=1S/C18H29N3O3/c1-21(2)12-13-24-16-7-5-4-6-15(16)14-20-17(22)18(23-3)8-10-19-11-9-18/h4-7,19H,8-14H2,1-3H3,(H,20,22). The van der Waals surface area contributed by atoms with Crippen LogP contribution in [-0.2, 0) is 16.1 Å². The van der Waals surface area contributed by atoms with Crippen LogP contribution >= 0.6 is 0 Å². The van der Waals surface area contributed by atoms with E-state index >= 15 is 0 Å². The number of nitrogens with one attached hydrogen (secondary N) is 2. The molecule has 0 aliphatic carbocycles. The van der Waals surface area contributed by atoms with E-state index in [0.717, 1.165) is 30.9 Å². The Kier molecular flexibility index (Phi) is 7.02. The van der Waals surface area contributed by atoms with Crippen LogP contribution in [0.25, 0.3) is 0 Å². The summed E-state index contributed by atoms with van der Waals surface area (Å²) in [7, 11) is 5.64. The summed E-state index contributed by atoms with van der Waals surface area (Å²) in [6, 6.07) is 7.82. The van der Waals surface area contributed by atoms with Gasteiger partial charge < -0.3 is 25.0 Å². The third kappa shape index (κ3) is 4.93. The zero-order chi connectivity index (χ0) is 17.4. The molecule has 6 heteroatoms. The van der Waals surface area contributed by atoms with Crippen molar-refractivity contribution >= 4 is 5.91 Å². The highest BCUT2D eigenvalue weighted by molar-refractivity contribution is 5.85. The lowest BCUT2D eigenvalue weighted by Gasteiger charge is -2.34. The van der Waals surface area contributed by atoms with E-state index in [1.54, 1.807) is 7.11 Å². The first-order valence-corrected chi connectivity index (χ1v) is 8.47. The second-order valence-corrected chi connectivity index (χ2v) is 6.39. The summed E-state index contributed by atoms with van der Waals surface area (Å²) in [4.78, 5) is 14.7. The molecule has 0 aromatic heterocycles. The maximum Gasteiger partial charge on any atom is 0.252 e. The molecule has 24 heavy (non-hydrogen) atoms. The smallest absolute Gasteiger partial charge is 0.252 e. The van der Waals surface area contributed by atoms with Crippen LogP contribution in [0.4, 0.5) is 0 Å². The number of hydrogen-bond acceptors (Lipinski definition) is 5. The Morgan fingerprint density at radius 3 is 2.67 bits per heavy atom. The maximum absolute atomic E-state index is 12.6. The largest absolute Gasteiger partial charge is 0.492 e. The van der Waals surface area contributed by atoms with E-state index in [1.165, 1.54) is 0 Å². The fourth-order valence-corrected chi connectivity index (χ4v) is 2.82. The number of methoxy groups -OCH3 is 1. The van der Waals surface area contributed by atoms with Crippen molar-refractivity contribution in [2.45, 2.75) is 25.0 Å². The van der Waals surface area contributed by atoms with Crippen LogP contribution < -0.4 is 15.4 Å². The van der Waals surface area contributed by atoms with Crippen molar-refractivity contribution in [1.29, 1.82) is 0 Å². The van der Waals surface area contributed by atoms with E-state index in [9.17, 15) is 4.79 Å². The van der Waals surface area contributed by atoms with E-state index in [0.29, 0.717) is 26.0 Å². The van der Waals surface area contributed by atoms with Crippen LogP contribution in [0.5, 0.6) is 5.75 Å². The third-order valence-electron chi connectivity index (χ3n) is 4.42. The van der Waals surface area contributed by atoms with Crippen molar-refractivity contribution in [1.82, 2.24) is 15.5 Å². The highest BCUT2D eigenvalue weighted by Crippen LogP contribution is 2.23. The van der Waals surface area contributed by atoms with E-state index in [-0.39, 0.29) is 5.91 Å². The lowest BCUT2D eigenvalue weighted by Crippen LogP contribution is -2.53. The fourth-order valence-electron chi connectivity index (χ4n) is 2.82. The summed E-state index contributed by atoms with van der Waals surface area (Å²) >= 11 is 0. The first-order valence-electron chi connectivity index (χ1n) is 8.47. The molecule has 2 rings (SSSR count). The number of carbonyl (C=O) groups is 1. The zero-order valence-electron chi connectivity index (χ0n) is 14.9. The van der Waals surface area contributed by atoms with E-state index in [4.69, 9.17) is 9.47 Å². The van der Waals surface area contributed by atoms with Gasteiger partial charge in [0.25, 0.3) is 5.91 Å². The van der Waals surface area contributed by atoms with Gasteiger partial charge >= 0.3 is 0 Å². The van der Waals surface area contributed by atoms with Gasteiger partial charge in [-0.3, -0.25) is 4.79 Å². The predicted molar refractivity (Wildman–Crippen MR) is 94.2 cm³/mol. The van der Waals surface area contributed by atoms with Gasteiger partial charge in [-0.25, -0.2) is 0 Å². The molecule has 1 aliphatic heterocycles. The van der Waals surface area contributed by atoms with Gasteiger partial charge in [0.1, 0.15) is 18.0 Å². The molecule has 1 aromatic carbocycles. The molecule has 0 radical (unpaired) electrons. The summed E-state index contributed by atoms with van der Waals surface area (Å²) in [6.45, 7) is 3.50. The van der Waals surface area contributed by atoms with Crippen LogP contribution in [0.1, 0.15) is 18.4 Å². The molecule has 0 atom stereocenters. The summed E-state index contributed by atoms with van der Waals surface area (Å²) in [5.41, 5.74) is 0.260. The lowest BCUT2D eigenvalue weighted by atomic mass is 9.91. The molecule has 2 N–H and O–H groups in total. The van der Waals surface area contributed by atoms with Crippen molar-refractivity contribution in [3.05, 3.63) is 29.8 Å². The molecule has 1 fully saturated rings. The average molecular weight is 335 g/mol. The Labute approximate surface area is 144 Å². The molecule has 134 valence electrons. The second kappa shape index (κ2) is 9.01. The molecule has 0 spiro atoms. The minimum absolute atomic E-state index is 0.0467. The Morgan fingerprint density at radius 2 is 2.00 bits per heavy atom. The first kappa shape index (κ1) is 18.7. The normalized spacial score (nSPS) is 16.8. The molecule has 6 nitrogen and oxygen atoms in total. The van der Waals surface area contributed by atoms with Crippen LogP contribution in [0.3, 0.4) is 0 Å².